The largest absolute Gasteiger partial charge is 0.490 e. The second kappa shape index (κ2) is 7.74. The number of nitrogens with zero attached hydrogens (tertiary/aromatic N) is 3. The highest BCUT2D eigenvalue weighted by Crippen LogP contribution is 2.28. The number of ether oxygens (including phenoxy) is 2. The van der Waals surface area contributed by atoms with Crippen LogP contribution in [-0.4, -0.2) is 39.8 Å². The first-order valence-corrected chi connectivity index (χ1v) is 8.39. The molecule has 0 bridgehead atoms. The van der Waals surface area contributed by atoms with Crippen molar-refractivity contribution in [3.05, 3.63) is 48.4 Å². The molecule has 0 atom stereocenters. The lowest BCUT2D eigenvalue weighted by Gasteiger charge is -2.12. The molecular weight excluding hydrogens is 320 g/mol. The molecule has 7 nitrogen and oxygen atoms in total. The average Bonchev–Trinajstić information content (AvgIpc) is 3.21. The molecule has 25 heavy (non-hydrogen) atoms. The van der Waals surface area contributed by atoms with Crippen LogP contribution >= 0.6 is 0 Å². The number of imidazole rings is 1. The van der Waals surface area contributed by atoms with Crippen molar-refractivity contribution in [3.8, 4) is 11.5 Å². The molecule has 132 valence electrons. The van der Waals surface area contributed by atoms with E-state index in [1.54, 1.807) is 28.9 Å². The molecular formula is C18H22N4O3. The minimum Gasteiger partial charge on any atom is -0.490 e. The van der Waals surface area contributed by atoms with Gasteiger partial charge in [-0.2, -0.15) is 5.10 Å². The monoisotopic (exact) mass is 342 g/mol. The third-order valence-corrected chi connectivity index (χ3v) is 3.78. The lowest BCUT2D eigenvalue weighted by Crippen LogP contribution is -2.27. The second-order valence-electron chi connectivity index (χ2n) is 5.41. The van der Waals surface area contributed by atoms with E-state index in [0.717, 1.165) is 5.65 Å². The van der Waals surface area contributed by atoms with Gasteiger partial charge in [0.1, 0.15) is 5.65 Å². The van der Waals surface area contributed by atoms with Crippen LogP contribution in [0.15, 0.2) is 42.9 Å². The minimum absolute atomic E-state index is 0.138. The average molecular weight is 342 g/mol. The maximum absolute atomic E-state index is 12.4. The molecule has 0 radical (unpaired) electrons. The Morgan fingerprint density at radius 2 is 1.92 bits per heavy atom. The number of hydrogen-bond donors (Lipinski definition) is 1. The van der Waals surface area contributed by atoms with Crippen LogP contribution in [-0.2, 0) is 6.54 Å². The van der Waals surface area contributed by atoms with Gasteiger partial charge < -0.3 is 19.4 Å². The molecule has 0 unspecified atom stereocenters. The predicted molar refractivity (Wildman–Crippen MR) is 94.3 cm³/mol. The molecule has 3 rings (SSSR count). The summed E-state index contributed by atoms with van der Waals surface area (Å²) in [6.07, 6.45) is 5.58. The summed E-state index contributed by atoms with van der Waals surface area (Å²) < 4.78 is 14.9. The summed E-state index contributed by atoms with van der Waals surface area (Å²) in [6.45, 7) is 6.06. The van der Waals surface area contributed by atoms with Crippen LogP contribution in [0, 0.1) is 0 Å². The number of aromatic nitrogens is 3. The summed E-state index contributed by atoms with van der Waals surface area (Å²) in [5.41, 5.74) is 1.54. The fraction of sp³-hybridized carbons (Fsp3) is 0.333. The number of carbonyl (C=O) groups is 1. The molecule has 0 spiro atoms. The van der Waals surface area contributed by atoms with E-state index < -0.39 is 0 Å². The van der Waals surface area contributed by atoms with E-state index >= 15 is 0 Å². The zero-order valence-corrected chi connectivity index (χ0v) is 14.4. The van der Waals surface area contributed by atoms with Crippen LogP contribution < -0.4 is 14.8 Å². The smallest absolute Gasteiger partial charge is 0.251 e. The van der Waals surface area contributed by atoms with E-state index in [1.807, 2.05) is 36.9 Å². The maximum atomic E-state index is 12.4. The van der Waals surface area contributed by atoms with Crippen molar-refractivity contribution in [1.29, 1.82) is 0 Å². The van der Waals surface area contributed by atoms with Gasteiger partial charge in [-0.15, -0.1) is 0 Å². The molecule has 0 aliphatic rings. The van der Waals surface area contributed by atoms with E-state index in [9.17, 15) is 4.79 Å². The molecule has 7 heteroatoms. The number of fused-ring (bicyclic) bond motifs is 1. The third kappa shape index (κ3) is 3.76. The molecule has 2 aromatic heterocycles. The minimum atomic E-state index is -0.138. The molecule has 0 aliphatic heterocycles. The Kier molecular flexibility index (Phi) is 5.23. The Morgan fingerprint density at radius 3 is 2.72 bits per heavy atom. The van der Waals surface area contributed by atoms with Gasteiger partial charge in [-0.3, -0.25) is 4.79 Å². The Morgan fingerprint density at radius 1 is 1.12 bits per heavy atom. The standard InChI is InChI=1S/C18H22N4O3/c1-3-24-15-6-5-14(13-16(15)25-4-2)18(23)19-9-10-21-11-12-22-17(21)7-8-20-22/h5-8,11-13H,3-4,9-10H2,1-2H3,(H,19,23). The van der Waals surface area contributed by atoms with Crippen molar-refractivity contribution in [2.75, 3.05) is 19.8 Å². The Labute approximate surface area is 146 Å². The van der Waals surface area contributed by atoms with Crippen molar-refractivity contribution in [3.63, 3.8) is 0 Å². The molecule has 0 fully saturated rings. The lowest BCUT2D eigenvalue weighted by molar-refractivity contribution is 0.0952. The summed E-state index contributed by atoms with van der Waals surface area (Å²) >= 11 is 0. The van der Waals surface area contributed by atoms with Gasteiger partial charge in [0.05, 0.1) is 19.4 Å². The van der Waals surface area contributed by atoms with Crippen LogP contribution in [0.1, 0.15) is 24.2 Å². The fourth-order valence-electron chi connectivity index (χ4n) is 2.64. The van der Waals surface area contributed by atoms with Gasteiger partial charge in [-0.05, 0) is 32.0 Å². The van der Waals surface area contributed by atoms with Crippen LogP contribution in [0.3, 0.4) is 0 Å². The van der Waals surface area contributed by atoms with Crippen LogP contribution in [0.25, 0.3) is 5.65 Å². The van der Waals surface area contributed by atoms with Crippen molar-refractivity contribution in [2.45, 2.75) is 20.4 Å². The van der Waals surface area contributed by atoms with Crippen LogP contribution in [0.5, 0.6) is 11.5 Å². The highest BCUT2D eigenvalue weighted by molar-refractivity contribution is 5.94. The maximum Gasteiger partial charge on any atom is 0.251 e. The van der Waals surface area contributed by atoms with Gasteiger partial charge in [0.15, 0.2) is 11.5 Å². The number of carbonyl (C=O) groups excluding carboxylic acids is 1. The lowest BCUT2D eigenvalue weighted by atomic mass is 10.2. The topological polar surface area (TPSA) is 69.8 Å². The quantitative estimate of drug-likeness (QED) is 0.682. The first-order valence-electron chi connectivity index (χ1n) is 8.39. The first kappa shape index (κ1) is 16.9. The highest BCUT2D eigenvalue weighted by Gasteiger charge is 2.11. The Balaban J connectivity index is 1.62. The predicted octanol–water partition coefficient (Wildman–Crippen LogP) is 2.36. The van der Waals surface area contributed by atoms with Crippen molar-refractivity contribution < 1.29 is 14.3 Å². The Bertz CT molecular complexity index is 853. The number of rotatable bonds is 8. The van der Waals surface area contributed by atoms with Crippen molar-refractivity contribution >= 4 is 11.6 Å². The summed E-state index contributed by atoms with van der Waals surface area (Å²) in [6, 6.07) is 7.16. The van der Waals surface area contributed by atoms with E-state index in [0.29, 0.717) is 43.4 Å². The van der Waals surface area contributed by atoms with E-state index in [2.05, 4.69) is 10.4 Å². The number of amides is 1. The fourth-order valence-corrected chi connectivity index (χ4v) is 2.64. The third-order valence-electron chi connectivity index (χ3n) is 3.78. The van der Waals surface area contributed by atoms with E-state index in [4.69, 9.17) is 9.47 Å². The highest BCUT2D eigenvalue weighted by atomic mass is 16.5. The molecule has 0 saturated carbocycles. The Hall–Kier alpha value is -2.96. The zero-order valence-electron chi connectivity index (χ0n) is 14.4. The van der Waals surface area contributed by atoms with Gasteiger partial charge in [-0.1, -0.05) is 0 Å². The van der Waals surface area contributed by atoms with Crippen molar-refractivity contribution in [1.82, 2.24) is 19.5 Å². The van der Waals surface area contributed by atoms with Crippen LogP contribution in [0.4, 0.5) is 0 Å². The summed E-state index contributed by atoms with van der Waals surface area (Å²) in [5, 5.41) is 7.09. The normalized spacial score (nSPS) is 10.8. The zero-order chi connectivity index (χ0) is 17.6. The van der Waals surface area contributed by atoms with E-state index in [1.165, 1.54) is 0 Å². The number of nitrogens with one attached hydrogen (secondary N) is 1. The van der Waals surface area contributed by atoms with E-state index in [-0.39, 0.29) is 5.91 Å². The first-order chi connectivity index (χ1) is 12.2. The summed E-state index contributed by atoms with van der Waals surface area (Å²) in [4.78, 5) is 12.4. The SMILES string of the molecule is CCOc1ccc(C(=O)NCCn2ccn3nccc23)cc1OCC. The number of hydrogen-bond acceptors (Lipinski definition) is 4. The summed E-state index contributed by atoms with van der Waals surface area (Å²) in [5.74, 6) is 1.10. The van der Waals surface area contributed by atoms with Gasteiger partial charge in [0.25, 0.3) is 5.91 Å². The molecule has 0 saturated heterocycles. The van der Waals surface area contributed by atoms with Gasteiger partial charge in [0, 0.05) is 37.1 Å². The van der Waals surface area contributed by atoms with Crippen molar-refractivity contribution in [2.24, 2.45) is 0 Å². The molecule has 3 aromatic rings. The van der Waals surface area contributed by atoms with Gasteiger partial charge >= 0.3 is 0 Å². The molecule has 1 N–H and O–H groups in total. The number of benzene rings is 1. The molecule has 1 amide bonds. The molecule has 2 heterocycles. The second-order valence-corrected chi connectivity index (χ2v) is 5.41. The van der Waals surface area contributed by atoms with Gasteiger partial charge in [0.2, 0.25) is 0 Å². The molecule has 0 aliphatic carbocycles. The van der Waals surface area contributed by atoms with Gasteiger partial charge in [-0.25, -0.2) is 4.52 Å². The summed E-state index contributed by atoms with van der Waals surface area (Å²) in [7, 11) is 0. The molecule has 1 aromatic carbocycles. The van der Waals surface area contributed by atoms with Crippen LogP contribution in [0.2, 0.25) is 0 Å².